The van der Waals surface area contributed by atoms with Crippen LogP contribution in [-0.4, -0.2) is 25.6 Å². The van der Waals surface area contributed by atoms with Gasteiger partial charge in [-0.3, -0.25) is 4.79 Å². The molecule has 0 radical (unpaired) electrons. The summed E-state index contributed by atoms with van der Waals surface area (Å²) >= 11 is 0. The molecule has 0 unspecified atom stereocenters. The molecule has 0 bridgehead atoms. The number of carbonyl (C=O) groups excluding carboxylic acids is 2. The maximum absolute atomic E-state index is 12.1. The summed E-state index contributed by atoms with van der Waals surface area (Å²) in [5.74, 6) is -0.380. The van der Waals surface area contributed by atoms with E-state index in [2.05, 4.69) is 5.32 Å². The van der Waals surface area contributed by atoms with E-state index in [1.807, 2.05) is 39.0 Å². The van der Waals surface area contributed by atoms with E-state index in [-0.39, 0.29) is 6.61 Å². The molecule has 0 aromatic heterocycles. The zero-order valence-corrected chi connectivity index (χ0v) is 14.3. The number of esters is 1. The second kappa shape index (κ2) is 7.64. The molecule has 0 saturated carbocycles. The maximum atomic E-state index is 12.1. The van der Waals surface area contributed by atoms with E-state index in [0.29, 0.717) is 17.0 Å². The lowest BCUT2D eigenvalue weighted by Gasteiger charge is -2.12. The first-order valence-corrected chi connectivity index (χ1v) is 7.59. The third-order valence-electron chi connectivity index (χ3n) is 3.58. The molecule has 0 aliphatic carbocycles. The molecule has 0 atom stereocenters. The van der Waals surface area contributed by atoms with Gasteiger partial charge in [0.15, 0.2) is 6.61 Å². The number of benzene rings is 2. The van der Waals surface area contributed by atoms with Gasteiger partial charge in [0.25, 0.3) is 5.91 Å². The van der Waals surface area contributed by atoms with Gasteiger partial charge in [0, 0.05) is 0 Å². The van der Waals surface area contributed by atoms with Crippen molar-refractivity contribution in [3.05, 3.63) is 58.7 Å². The standard InChI is InChI=1S/C19H21NO4/c1-12-5-7-14(3)15(9-12)19(22)24-11-18(21)20-16-10-13(2)6-8-17(16)23-4/h5-10H,11H2,1-4H3,(H,20,21). The van der Waals surface area contributed by atoms with Crippen molar-refractivity contribution in [2.75, 3.05) is 19.0 Å². The Kier molecular flexibility index (Phi) is 5.58. The molecule has 0 aliphatic rings. The van der Waals surface area contributed by atoms with Gasteiger partial charge in [-0.2, -0.15) is 0 Å². The number of anilines is 1. The molecule has 126 valence electrons. The van der Waals surface area contributed by atoms with E-state index in [1.165, 1.54) is 7.11 Å². The van der Waals surface area contributed by atoms with Crippen molar-refractivity contribution in [1.29, 1.82) is 0 Å². The molecule has 2 aromatic rings. The molecule has 1 N–H and O–H groups in total. The zero-order chi connectivity index (χ0) is 17.7. The first kappa shape index (κ1) is 17.5. The Bertz CT molecular complexity index is 768. The van der Waals surface area contributed by atoms with Crippen LogP contribution in [0.4, 0.5) is 5.69 Å². The van der Waals surface area contributed by atoms with Gasteiger partial charge in [-0.15, -0.1) is 0 Å². The molecule has 5 heteroatoms. The number of carbonyl (C=O) groups is 2. The molecule has 24 heavy (non-hydrogen) atoms. The van der Waals surface area contributed by atoms with Gasteiger partial charge >= 0.3 is 5.97 Å². The van der Waals surface area contributed by atoms with Crippen molar-refractivity contribution in [1.82, 2.24) is 0 Å². The molecule has 0 fully saturated rings. The number of hydrogen-bond acceptors (Lipinski definition) is 4. The van der Waals surface area contributed by atoms with Crippen LogP contribution < -0.4 is 10.1 Å². The second-order valence-corrected chi connectivity index (χ2v) is 5.65. The van der Waals surface area contributed by atoms with E-state index in [4.69, 9.17) is 9.47 Å². The minimum atomic E-state index is -0.512. The lowest BCUT2D eigenvalue weighted by Crippen LogP contribution is -2.21. The summed E-state index contributed by atoms with van der Waals surface area (Å²) in [5, 5.41) is 2.69. The highest BCUT2D eigenvalue weighted by Gasteiger charge is 2.14. The summed E-state index contributed by atoms with van der Waals surface area (Å²) in [5.41, 5.74) is 3.77. The molecule has 2 aromatic carbocycles. The van der Waals surface area contributed by atoms with Crippen LogP contribution in [0.15, 0.2) is 36.4 Å². The Balaban J connectivity index is 2.00. The van der Waals surface area contributed by atoms with E-state index < -0.39 is 11.9 Å². The SMILES string of the molecule is COc1ccc(C)cc1NC(=O)COC(=O)c1cc(C)ccc1C. The van der Waals surface area contributed by atoms with E-state index in [1.54, 1.807) is 18.2 Å². The highest BCUT2D eigenvalue weighted by Crippen LogP contribution is 2.25. The molecule has 1 amide bonds. The van der Waals surface area contributed by atoms with Gasteiger partial charge in [-0.1, -0.05) is 23.8 Å². The maximum Gasteiger partial charge on any atom is 0.338 e. The van der Waals surface area contributed by atoms with Crippen LogP contribution in [0.1, 0.15) is 27.0 Å². The summed E-state index contributed by atoms with van der Waals surface area (Å²) in [6.45, 7) is 5.28. The first-order valence-electron chi connectivity index (χ1n) is 7.59. The van der Waals surface area contributed by atoms with Crippen molar-refractivity contribution in [2.24, 2.45) is 0 Å². The van der Waals surface area contributed by atoms with E-state index in [0.717, 1.165) is 16.7 Å². The number of hydrogen-bond donors (Lipinski definition) is 1. The number of nitrogens with one attached hydrogen (secondary N) is 1. The van der Waals surface area contributed by atoms with Crippen LogP contribution in [0, 0.1) is 20.8 Å². The van der Waals surface area contributed by atoms with Gasteiger partial charge in [0.1, 0.15) is 5.75 Å². The lowest BCUT2D eigenvalue weighted by molar-refractivity contribution is -0.119. The number of aryl methyl sites for hydroxylation is 3. The van der Waals surface area contributed by atoms with Gasteiger partial charge in [0.05, 0.1) is 18.4 Å². The van der Waals surface area contributed by atoms with E-state index in [9.17, 15) is 9.59 Å². The normalized spacial score (nSPS) is 10.2. The Labute approximate surface area is 141 Å². The zero-order valence-electron chi connectivity index (χ0n) is 14.3. The second-order valence-electron chi connectivity index (χ2n) is 5.65. The monoisotopic (exact) mass is 327 g/mol. The molecular weight excluding hydrogens is 306 g/mol. The smallest absolute Gasteiger partial charge is 0.338 e. The molecular formula is C19H21NO4. The Morgan fingerprint density at radius 3 is 2.38 bits per heavy atom. The molecule has 5 nitrogen and oxygen atoms in total. The van der Waals surface area contributed by atoms with Crippen molar-refractivity contribution in [2.45, 2.75) is 20.8 Å². The summed E-state index contributed by atoms with van der Waals surface area (Å²) in [6, 6.07) is 11.0. The van der Waals surface area contributed by atoms with Gasteiger partial charge in [0.2, 0.25) is 0 Å². The average Bonchev–Trinajstić information content (AvgIpc) is 2.55. The third kappa shape index (κ3) is 4.35. The number of rotatable bonds is 5. The van der Waals surface area contributed by atoms with Gasteiger partial charge < -0.3 is 14.8 Å². The predicted molar refractivity (Wildman–Crippen MR) is 92.6 cm³/mol. The minimum Gasteiger partial charge on any atom is -0.495 e. The molecule has 0 saturated heterocycles. The van der Waals surface area contributed by atoms with Crippen molar-refractivity contribution in [3.8, 4) is 5.75 Å². The summed E-state index contributed by atoms with van der Waals surface area (Å²) in [6.07, 6.45) is 0. The van der Waals surface area contributed by atoms with Crippen LogP contribution in [0.5, 0.6) is 5.75 Å². The van der Waals surface area contributed by atoms with Crippen molar-refractivity contribution < 1.29 is 19.1 Å². The fourth-order valence-electron chi connectivity index (χ4n) is 2.27. The molecule has 0 aliphatic heterocycles. The van der Waals surface area contributed by atoms with Crippen LogP contribution in [0.3, 0.4) is 0 Å². The highest BCUT2D eigenvalue weighted by molar-refractivity contribution is 5.97. The summed E-state index contributed by atoms with van der Waals surface area (Å²) in [4.78, 5) is 24.2. The largest absolute Gasteiger partial charge is 0.495 e. The number of ether oxygens (including phenoxy) is 2. The van der Waals surface area contributed by atoms with Gasteiger partial charge in [-0.05, 0) is 50.1 Å². The van der Waals surface area contributed by atoms with Crippen LogP contribution in [0.2, 0.25) is 0 Å². The van der Waals surface area contributed by atoms with Gasteiger partial charge in [-0.25, -0.2) is 4.79 Å². The Hall–Kier alpha value is -2.82. The van der Waals surface area contributed by atoms with Crippen molar-refractivity contribution in [3.63, 3.8) is 0 Å². The highest BCUT2D eigenvalue weighted by atomic mass is 16.5. The van der Waals surface area contributed by atoms with Crippen LogP contribution in [0.25, 0.3) is 0 Å². The molecule has 0 heterocycles. The molecule has 2 rings (SSSR count). The third-order valence-corrected chi connectivity index (χ3v) is 3.58. The Morgan fingerprint density at radius 2 is 1.67 bits per heavy atom. The fraction of sp³-hybridized carbons (Fsp3) is 0.263. The lowest BCUT2D eigenvalue weighted by atomic mass is 10.1. The van der Waals surface area contributed by atoms with Crippen molar-refractivity contribution >= 4 is 17.6 Å². The topological polar surface area (TPSA) is 64.6 Å². The van der Waals surface area contributed by atoms with Crippen LogP contribution >= 0.6 is 0 Å². The predicted octanol–water partition coefficient (Wildman–Crippen LogP) is 3.42. The first-order chi connectivity index (χ1) is 11.4. The van der Waals surface area contributed by atoms with Crippen LogP contribution in [-0.2, 0) is 9.53 Å². The minimum absolute atomic E-state index is 0.358. The fourth-order valence-corrected chi connectivity index (χ4v) is 2.27. The number of amides is 1. The number of methoxy groups -OCH3 is 1. The molecule has 0 spiro atoms. The van der Waals surface area contributed by atoms with E-state index >= 15 is 0 Å². The average molecular weight is 327 g/mol. The quantitative estimate of drug-likeness (QED) is 0.855. The Morgan fingerprint density at radius 1 is 1.00 bits per heavy atom. The summed E-state index contributed by atoms with van der Waals surface area (Å²) < 4.78 is 10.3. The summed E-state index contributed by atoms with van der Waals surface area (Å²) in [7, 11) is 1.53.